The van der Waals surface area contributed by atoms with Crippen LogP contribution in [0.2, 0.25) is 0 Å². The lowest BCUT2D eigenvalue weighted by molar-refractivity contribution is -0.387. The summed E-state index contributed by atoms with van der Waals surface area (Å²) in [6.07, 6.45) is 3.33. The van der Waals surface area contributed by atoms with Crippen LogP contribution in [0.5, 0.6) is 5.75 Å². The number of nitro groups is 1. The number of fused-ring (bicyclic) bond motifs is 1. The second-order valence-corrected chi connectivity index (χ2v) is 4.86. The SMILES string of the molecule is Cc1cc2c(O)c([N+](=O)[O-])c(=O)[nH]c2cc1-c1cccnc1. The lowest BCUT2D eigenvalue weighted by Gasteiger charge is -2.09. The van der Waals surface area contributed by atoms with E-state index in [1.54, 1.807) is 30.6 Å². The molecule has 22 heavy (non-hydrogen) atoms. The number of hydrogen-bond donors (Lipinski definition) is 2. The fourth-order valence-electron chi connectivity index (χ4n) is 2.43. The lowest BCUT2D eigenvalue weighted by Crippen LogP contribution is -2.11. The number of aromatic amines is 1. The first kappa shape index (κ1) is 13.7. The van der Waals surface area contributed by atoms with E-state index >= 15 is 0 Å². The highest BCUT2D eigenvalue weighted by Crippen LogP contribution is 2.34. The van der Waals surface area contributed by atoms with Crippen LogP contribution >= 0.6 is 0 Å². The number of aryl methyl sites for hydroxylation is 1. The Morgan fingerprint density at radius 3 is 2.77 bits per heavy atom. The molecule has 0 spiro atoms. The molecule has 0 unspecified atom stereocenters. The molecule has 0 aliphatic carbocycles. The highest BCUT2D eigenvalue weighted by Gasteiger charge is 2.22. The van der Waals surface area contributed by atoms with E-state index in [0.29, 0.717) is 5.52 Å². The summed E-state index contributed by atoms with van der Waals surface area (Å²) in [5.74, 6) is -0.621. The molecule has 2 N–H and O–H groups in total. The Morgan fingerprint density at radius 2 is 2.14 bits per heavy atom. The molecular weight excluding hydrogens is 286 g/mol. The summed E-state index contributed by atoms with van der Waals surface area (Å²) in [5, 5.41) is 21.1. The van der Waals surface area contributed by atoms with Gasteiger partial charge in [-0.3, -0.25) is 19.9 Å². The van der Waals surface area contributed by atoms with Gasteiger partial charge in [0.1, 0.15) is 0 Å². The van der Waals surface area contributed by atoms with Gasteiger partial charge in [-0.2, -0.15) is 0 Å². The molecule has 0 aliphatic heterocycles. The Balaban J connectivity index is 2.35. The predicted octanol–water partition coefficient (Wildman–Crippen LogP) is 2.51. The molecule has 0 amide bonds. The van der Waals surface area contributed by atoms with Gasteiger partial charge in [-0.05, 0) is 36.2 Å². The maximum absolute atomic E-state index is 11.8. The van der Waals surface area contributed by atoms with Crippen LogP contribution in [-0.2, 0) is 0 Å². The number of aromatic hydroxyl groups is 1. The summed E-state index contributed by atoms with van der Waals surface area (Å²) in [5.41, 5.74) is 1.02. The zero-order valence-electron chi connectivity index (χ0n) is 11.5. The van der Waals surface area contributed by atoms with E-state index in [4.69, 9.17) is 0 Å². The minimum absolute atomic E-state index is 0.233. The molecule has 0 saturated heterocycles. The van der Waals surface area contributed by atoms with Crippen LogP contribution in [0.25, 0.3) is 22.0 Å². The van der Waals surface area contributed by atoms with Crippen molar-refractivity contribution in [2.45, 2.75) is 6.92 Å². The van der Waals surface area contributed by atoms with Crippen LogP contribution in [-0.4, -0.2) is 20.0 Å². The largest absolute Gasteiger partial charge is 0.501 e. The van der Waals surface area contributed by atoms with Crippen molar-refractivity contribution in [3.8, 4) is 16.9 Å². The average molecular weight is 297 g/mol. The van der Waals surface area contributed by atoms with Gasteiger partial charge in [-0.15, -0.1) is 0 Å². The van der Waals surface area contributed by atoms with Gasteiger partial charge in [0.25, 0.3) is 0 Å². The first-order chi connectivity index (χ1) is 10.5. The lowest BCUT2D eigenvalue weighted by atomic mass is 9.99. The van der Waals surface area contributed by atoms with Gasteiger partial charge in [0.05, 0.1) is 10.4 Å². The summed E-state index contributed by atoms with van der Waals surface area (Å²) in [6, 6.07) is 6.93. The molecule has 0 bridgehead atoms. The van der Waals surface area contributed by atoms with E-state index in [1.165, 1.54) is 0 Å². The van der Waals surface area contributed by atoms with E-state index < -0.39 is 21.9 Å². The molecule has 0 aliphatic rings. The number of nitrogens with one attached hydrogen (secondary N) is 1. The van der Waals surface area contributed by atoms with Crippen molar-refractivity contribution in [1.29, 1.82) is 0 Å². The Kier molecular flexibility index (Phi) is 3.10. The second-order valence-electron chi connectivity index (χ2n) is 4.86. The van der Waals surface area contributed by atoms with E-state index in [9.17, 15) is 20.0 Å². The Hall–Kier alpha value is -3.22. The van der Waals surface area contributed by atoms with Gasteiger partial charge in [0.15, 0.2) is 0 Å². The Bertz CT molecular complexity index is 948. The van der Waals surface area contributed by atoms with Gasteiger partial charge in [-0.25, -0.2) is 0 Å². The summed E-state index contributed by atoms with van der Waals surface area (Å²) >= 11 is 0. The minimum atomic E-state index is -0.934. The topological polar surface area (TPSA) is 109 Å². The van der Waals surface area contributed by atoms with Crippen molar-refractivity contribution in [2.75, 3.05) is 0 Å². The molecule has 110 valence electrons. The fraction of sp³-hybridized carbons (Fsp3) is 0.0667. The summed E-state index contributed by atoms with van der Waals surface area (Å²) in [4.78, 5) is 28.2. The molecule has 0 atom stereocenters. The highest BCUT2D eigenvalue weighted by molar-refractivity contribution is 5.92. The second kappa shape index (κ2) is 4.96. The minimum Gasteiger partial charge on any atom is -0.501 e. The maximum Gasteiger partial charge on any atom is 0.375 e. The van der Waals surface area contributed by atoms with Crippen LogP contribution in [0, 0.1) is 17.0 Å². The first-order valence-electron chi connectivity index (χ1n) is 6.43. The van der Waals surface area contributed by atoms with E-state index in [0.717, 1.165) is 16.7 Å². The molecule has 7 nitrogen and oxygen atoms in total. The molecule has 3 rings (SSSR count). The third-order valence-electron chi connectivity index (χ3n) is 3.46. The van der Waals surface area contributed by atoms with Gasteiger partial charge in [0.2, 0.25) is 5.75 Å². The third kappa shape index (κ3) is 2.08. The van der Waals surface area contributed by atoms with Crippen molar-refractivity contribution in [3.05, 3.63) is 62.7 Å². The van der Waals surface area contributed by atoms with Crippen LogP contribution in [0.15, 0.2) is 41.5 Å². The van der Waals surface area contributed by atoms with Crippen molar-refractivity contribution in [2.24, 2.45) is 0 Å². The van der Waals surface area contributed by atoms with Crippen LogP contribution < -0.4 is 5.56 Å². The van der Waals surface area contributed by atoms with Crippen LogP contribution in [0.4, 0.5) is 5.69 Å². The van der Waals surface area contributed by atoms with Gasteiger partial charge in [0, 0.05) is 23.3 Å². The first-order valence-corrected chi connectivity index (χ1v) is 6.43. The summed E-state index contributed by atoms with van der Waals surface area (Å²) < 4.78 is 0. The number of benzene rings is 1. The normalized spacial score (nSPS) is 10.8. The predicted molar refractivity (Wildman–Crippen MR) is 80.9 cm³/mol. The van der Waals surface area contributed by atoms with Crippen LogP contribution in [0.1, 0.15) is 5.56 Å². The molecule has 0 fully saturated rings. The van der Waals surface area contributed by atoms with Gasteiger partial charge in [-0.1, -0.05) is 6.07 Å². The number of nitrogens with zero attached hydrogens (tertiary/aromatic N) is 2. The third-order valence-corrected chi connectivity index (χ3v) is 3.46. The molecule has 0 radical (unpaired) electrons. The monoisotopic (exact) mass is 297 g/mol. The van der Waals surface area contributed by atoms with E-state index in [1.807, 2.05) is 13.0 Å². The molecular formula is C15H11N3O4. The Morgan fingerprint density at radius 1 is 1.36 bits per heavy atom. The summed E-state index contributed by atoms with van der Waals surface area (Å²) in [6.45, 7) is 1.82. The average Bonchev–Trinajstić information content (AvgIpc) is 2.48. The standard InChI is InChI=1S/C15H11N3O4/c1-8-5-11-12(6-10(8)9-3-2-4-16-7-9)17-15(20)13(14(11)19)18(21)22/h2-7H,1H3,(H2,17,19,20). The van der Waals surface area contributed by atoms with Crippen molar-refractivity contribution >= 4 is 16.6 Å². The van der Waals surface area contributed by atoms with Gasteiger partial charge < -0.3 is 10.1 Å². The van der Waals surface area contributed by atoms with E-state index in [-0.39, 0.29) is 5.39 Å². The van der Waals surface area contributed by atoms with Crippen LogP contribution in [0.3, 0.4) is 0 Å². The molecule has 3 aromatic rings. The molecule has 0 saturated carbocycles. The fourth-order valence-corrected chi connectivity index (χ4v) is 2.43. The summed E-state index contributed by atoms with van der Waals surface area (Å²) in [7, 11) is 0. The highest BCUT2D eigenvalue weighted by atomic mass is 16.6. The molecule has 2 aromatic heterocycles. The van der Waals surface area contributed by atoms with Crippen molar-refractivity contribution in [3.63, 3.8) is 0 Å². The smallest absolute Gasteiger partial charge is 0.375 e. The Labute approximate surface area is 124 Å². The molecule has 2 heterocycles. The zero-order chi connectivity index (χ0) is 15.9. The maximum atomic E-state index is 11.8. The van der Waals surface area contributed by atoms with Crippen molar-refractivity contribution < 1.29 is 10.0 Å². The molecule has 7 heteroatoms. The molecule has 1 aromatic carbocycles. The quantitative estimate of drug-likeness (QED) is 0.558. The number of rotatable bonds is 2. The van der Waals surface area contributed by atoms with Crippen molar-refractivity contribution in [1.82, 2.24) is 9.97 Å². The van der Waals surface area contributed by atoms with Gasteiger partial charge >= 0.3 is 11.2 Å². The van der Waals surface area contributed by atoms with E-state index in [2.05, 4.69) is 9.97 Å². The number of aromatic nitrogens is 2. The number of pyridine rings is 2. The number of H-pyrrole nitrogens is 1. The zero-order valence-corrected chi connectivity index (χ0v) is 11.5. The number of hydrogen-bond acceptors (Lipinski definition) is 5.